The fourth-order valence-electron chi connectivity index (χ4n) is 2.58. The van der Waals surface area contributed by atoms with Crippen LogP contribution in [0.4, 0.5) is 5.13 Å². The number of nitrogens with one attached hydrogen (secondary N) is 1. The molecule has 0 saturated heterocycles. The number of aromatic nitrogens is 1. The third-order valence-electron chi connectivity index (χ3n) is 3.86. The Morgan fingerprint density at radius 2 is 1.86 bits per heavy atom. The third kappa shape index (κ3) is 3.63. The lowest BCUT2D eigenvalue weighted by atomic mass is 10.1. The Morgan fingerprint density at radius 3 is 2.43 bits per heavy atom. The third-order valence-corrected chi connectivity index (χ3v) is 5.01. The van der Waals surface area contributed by atoms with Crippen molar-refractivity contribution < 1.29 is 0 Å². The van der Waals surface area contributed by atoms with Gasteiger partial charge in [0.05, 0.1) is 5.69 Å². The monoisotopic (exact) mass is 303 g/mol. The summed E-state index contributed by atoms with van der Waals surface area (Å²) in [5.41, 5.74) is 2.31. The molecule has 2 rings (SSSR count). The molecular weight excluding hydrogens is 278 g/mol. The van der Waals surface area contributed by atoms with E-state index in [0.717, 1.165) is 30.2 Å². The second-order valence-corrected chi connectivity index (χ2v) is 6.31. The first kappa shape index (κ1) is 16.0. The Bertz CT molecular complexity index is 546. The van der Waals surface area contributed by atoms with E-state index in [9.17, 15) is 0 Å². The van der Waals surface area contributed by atoms with Crippen molar-refractivity contribution in [2.24, 2.45) is 0 Å². The highest BCUT2D eigenvalue weighted by Crippen LogP contribution is 2.33. The molecule has 3 nitrogen and oxygen atoms in total. The van der Waals surface area contributed by atoms with E-state index in [1.807, 2.05) is 13.1 Å². The van der Waals surface area contributed by atoms with Gasteiger partial charge in [0.15, 0.2) is 5.13 Å². The minimum atomic E-state index is 0.558. The van der Waals surface area contributed by atoms with Crippen molar-refractivity contribution in [2.45, 2.75) is 39.3 Å². The van der Waals surface area contributed by atoms with Crippen molar-refractivity contribution in [2.75, 3.05) is 19.0 Å². The van der Waals surface area contributed by atoms with E-state index in [1.165, 1.54) is 10.4 Å². The summed E-state index contributed by atoms with van der Waals surface area (Å²) in [5.74, 6) is 0. The van der Waals surface area contributed by atoms with Gasteiger partial charge in [0.25, 0.3) is 0 Å². The second-order valence-electron chi connectivity index (χ2n) is 5.25. The lowest BCUT2D eigenvalue weighted by Gasteiger charge is -2.25. The van der Waals surface area contributed by atoms with E-state index in [2.05, 4.69) is 55.4 Å². The first-order chi connectivity index (χ1) is 10.2. The summed E-state index contributed by atoms with van der Waals surface area (Å²) >= 11 is 1.80. The summed E-state index contributed by atoms with van der Waals surface area (Å²) in [5, 5.41) is 4.37. The van der Waals surface area contributed by atoms with E-state index < -0.39 is 0 Å². The van der Waals surface area contributed by atoms with Crippen LogP contribution in [0.2, 0.25) is 0 Å². The average molecular weight is 303 g/mol. The fraction of sp³-hybridized carbons (Fsp3) is 0.471. The van der Waals surface area contributed by atoms with Crippen LogP contribution in [-0.4, -0.2) is 25.1 Å². The molecule has 0 atom stereocenters. The van der Waals surface area contributed by atoms with E-state index in [4.69, 9.17) is 4.98 Å². The number of thiazole rings is 1. The van der Waals surface area contributed by atoms with Crippen molar-refractivity contribution >= 4 is 16.5 Å². The lowest BCUT2D eigenvalue weighted by Crippen LogP contribution is -2.30. The molecule has 0 aliphatic heterocycles. The molecule has 0 aliphatic carbocycles. The summed E-state index contributed by atoms with van der Waals surface area (Å²) < 4.78 is 0. The molecule has 114 valence electrons. The molecule has 0 unspecified atom stereocenters. The van der Waals surface area contributed by atoms with Gasteiger partial charge in [-0.25, -0.2) is 4.98 Å². The maximum absolute atomic E-state index is 4.92. The van der Waals surface area contributed by atoms with E-state index >= 15 is 0 Å². The topological polar surface area (TPSA) is 28.2 Å². The van der Waals surface area contributed by atoms with Gasteiger partial charge in [-0.2, -0.15) is 0 Å². The molecule has 1 N–H and O–H groups in total. The van der Waals surface area contributed by atoms with Crippen LogP contribution >= 0.6 is 11.3 Å². The second kappa shape index (κ2) is 7.57. The number of benzene rings is 1. The van der Waals surface area contributed by atoms with Crippen LogP contribution in [0.1, 0.15) is 31.6 Å². The zero-order valence-electron chi connectivity index (χ0n) is 13.4. The van der Waals surface area contributed by atoms with Gasteiger partial charge in [0, 0.05) is 30.1 Å². The van der Waals surface area contributed by atoms with Crippen LogP contribution in [0.5, 0.6) is 0 Å². The zero-order valence-corrected chi connectivity index (χ0v) is 14.2. The largest absolute Gasteiger partial charge is 0.348 e. The SMILES string of the molecule is CCC(CC)N(C)c1nc(-c2ccccc2)c(CNC)s1. The molecule has 4 heteroatoms. The Balaban J connectivity index is 2.37. The Kier molecular flexibility index (Phi) is 5.76. The number of nitrogens with zero attached hydrogens (tertiary/aromatic N) is 2. The molecule has 0 radical (unpaired) electrons. The fourth-order valence-corrected chi connectivity index (χ4v) is 3.71. The van der Waals surface area contributed by atoms with Crippen molar-refractivity contribution in [3.63, 3.8) is 0 Å². The van der Waals surface area contributed by atoms with E-state index in [-0.39, 0.29) is 0 Å². The molecule has 2 aromatic rings. The van der Waals surface area contributed by atoms with Gasteiger partial charge in [-0.15, -0.1) is 0 Å². The Morgan fingerprint density at radius 1 is 1.19 bits per heavy atom. The van der Waals surface area contributed by atoms with Gasteiger partial charge >= 0.3 is 0 Å². The number of rotatable bonds is 7. The highest BCUT2D eigenvalue weighted by atomic mass is 32.1. The Hall–Kier alpha value is -1.39. The first-order valence-corrected chi connectivity index (χ1v) is 8.45. The summed E-state index contributed by atoms with van der Waals surface area (Å²) in [4.78, 5) is 8.55. The highest BCUT2D eigenvalue weighted by Gasteiger charge is 2.18. The molecule has 1 aromatic carbocycles. The van der Waals surface area contributed by atoms with E-state index in [0.29, 0.717) is 6.04 Å². The zero-order chi connectivity index (χ0) is 15.2. The maximum Gasteiger partial charge on any atom is 0.186 e. The summed E-state index contributed by atoms with van der Waals surface area (Å²) in [7, 11) is 4.15. The molecule has 0 aliphatic rings. The van der Waals surface area contributed by atoms with Gasteiger partial charge < -0.3 is 10.2 Å². The molecule has 21 heavy (non-hydrogen) atoms. The maximum atomic E-state index is 4.92. The molecule has 0 spiro atoms. The molecule has 0 bridgehead atoms. The van der Waals surface area contributed by atoms with Crippen LogP contribution in [0.15, 0.2) is 30.3 Å². The quantitative estimate of drug-likeness (QED) is 0.832. The summed E-state index contributed by atoms with van der Waals surface area (Å²) in [6, 6.07) is 11.0. The number of hydrogen-bond donors (Lipinski definition) is 1. The van der Waals surface area contributed by atoms with Crippen molar-refractivity contribution in [3.05, 3.63) is 35.2 Å². The molecule has 1 aromatic heterocycles. The van der Waals surface area contributed by atoms with Gasteiger partial charge in [-0.1, -0.05) is 55.5 Å². The van der Waals surface area contributed by atoms with Crippen LogP contribution < -0.4 is 10.2 Å². The standard InChI is InChI=1S/C17H25N3S/c1-5-14(6-2)20(4)17-19-16(15(21-17)12-18-3)13-10-8-7-9-11-13/h7-11,14,18H,5-6,12H2,1-4H3. The van der Waals surface area contributed by atoms with Gasteiger partial charge in [0.1, 0.15) is 0 Å². The van der Waals surface area contributed by atoms with E-state index in [1.54, 1.807) is 11.3 Å². The lowest BCUT2D eigenvalue weighted by molar-refractivity contribution is 0.591. The van der Waals surface area contributed by atoms with Gasteiger partial charge in [-0.05, 0) is 19.9 Å². The number of anilines is 1. The van der Waals surface area contributed by atoms with Crippen molar-refractivity contribution in [3.8, 4) is 11.3 Å². The molecule has 0 amide bonds. The molecular formula is C17H25N3S. The van der Waals surface area contributed by atoms with Crippen LogP contribution in [0.3, 0.4) is 0 Å². The van der Waals surface area contributed by atoms with Crippen LogP contribution in [0.25, 0.3) is 11.3 Å². The first-order valence-electron chi connectivity index (χ1n) is 7.63. The summed E-state index contributed by atoms with van der Waals surface area (Å²) in [6.07, 6.45) is 2.29. The predicted molar refractivity (Wildman–Crippen MR) is 93.1 cm³/mol. The molecule has 1 heterocycles. The Labute approximate surface area is 132 Å². The molecule has 0 saturated carbocycles. The normalized spacial score (nSPS) is 11.1. The van der Waals surface area contributed by atoms with Gasteiger partial charge in [0.2, 0.25) is 0 Å². The minimum Gasteiger partial charge on any atom is -0.348 e. The smallest absolute Gasteiger partial charge is 0.186 e. The van der Waals surface area contributed by atoms with Gasteiger partial charge in [-0.3, -0.25) is 0 Å². The minimum absolute atomic E-state index is 0.558. The average Bonchev–Trinajstić information content (AvgIpc) is 2.94. The van der Waals surface area contributed by atoms with Crippen LogP contribution in [-0.2, 0) is 6.54 Å². The summed E-state index contributed by atoms with van der Waals surface area (Å²) in [6.45, 7) is 5.34. The number of hydrogen-bond acceptors (Lipinski definition) is 4. The van der Waals surface area contributed by atoms with Crippen molar-refractivity contribution in [1.29, 1.82) is 0 Å². The predicted octanol–water partition coefficient (Wildman–Crippen LogP) is 4.15. The van der Waals surface area contributed by atoms with Crippen molar-refractivity contribution in [1.82, 2.24) is 10.3 Å². The van der Waals surface area contributed by atoms with Crippen LogP contribution in [0, 0.1) is 0 Å². The molecule has 0 fully saturated rings. The highest BCUT2D eigenvalue weighted by molar-refractivity contribution is 7.16.